The third kappa shape index (κ3) is 3.71. The summed E-state index contributed by atoms with van der Waals surface area (Å²) in [7, 11) is 0. The summed E-state index contributed by atoms with van der Waals surface area (Å²) in [6.07, 6.45) is 2.48. The van der Waals surface area contributed by atoms with Gasteiger partial charge in [-0.2, -0.15) is 0 Å². The van der Waals surface area contributed by atoms with E-state index in [0.29, 0.717) is 34.3 Å². The highest BCUT2D eigenvalue weighted by molar-refractivity contribution is 6.36. The summed E-state index contributed by atoms with van der Waals surface area (Å²) in [5, 5.41) is 3.58. The minimum atomic E-state index is -0.343. The van der Waals surface area contributed by atoms with Gasteiger partial charge in [0.1, 0.15) is 0 Å². The van der Waals surface area contributed by atoms with Gasteiger partial charge in [-0.05, 0) is 49.2 Å². The van der Waals surface area contributed by atoms with Crippen molar-refractivity contribution < 1.29 is 9.59 Å². The van der Waals surface area contributed by atoms with E-state index in [2.05, 4.69) is 5.32 Å². The third-order valence-electron chi connectivity index (χ3n) is 3.91. The Labute approximate surface area is 150 Å². The van der Waals surface area contributed by atoms with Crippen molar-refractivity contribution in [2.45, 2.75) is 19.3 Å². The molecule has 1 aliphatic rings. The number of carbonyl (C=O) groups is 2. The number of hydrogen-bond acceptors (Lipinski definition) is 2. The Bertz CT molecular complexity index is 792. The number of rotatable bonds is 3. The van der Waals surface area contributed by atoms with Gasteiger partial charge in [0.15, 0.2) is 0 Å². The Kier molecular flexibility index (Phi) is 5.07. The molecule has 1 N–H and O–H groups in total. The van der Waals surface area contributed by atoms with Crippen LogP contribution < -0.4 is 10.2 Å². The topological polar surface area (TPSA) is 49.4 Å². The lowest BCUT2D eigenvalue weighted by Crippen LogP contribution is -2.35. The number of benzene rings is 2. The molecule has 0 aliphatic carbocycles. The molecular formula is C18H16Cl2N2O2. The van der Waals surface area contributed by atoms with Crippen LogP contribution in [0.25, 0.3) is 0 Å². The summed E-state index contributed by atoms with van der Waals surface area (Å²) in [4.78, 5) is 26.2. The standard InChI is InChI=1S/C18H16Cl2N2O2/c19-12-7-8-16(20)15(10-12)18(24)21-13-4-3-5-14(11-13)22-9-2-1-6-17(22)23/h3-5,7-8,10-11H,1-2,6,9H2,(H,21,24). The molecule has 4 nitrogen and oxygen atoms in total. The smallest absolute Gasteiger partial charge is 0.257 e. The van der Waals surface area contributed by atoms with Gasteiger partial charge in [0.05, 0.1) is 10.6 Å². The fourth-order valence-corrected chi connectivity index (χ4v) is 3.08. The average Bonchev–Trinajstić information content (AvgIpc) is 2.57. The first-order valence-corrected chi connectivity index (χ1v) is 8.47. The van der Waals surface area contributed by atoms with Crippen LogP contribution in [-0.2, 0) is 4.79 Å². The Morgan fingerprint density at radius 1 is 1.08 bits per heavy atom. The largest absolute Gasteiger partial charge is 0.322 e. The van der Waals surface area contributed by atoms with Crippen LogP contribution in [0.5, 0.6) is 0 Å². The fourth-order valence-electron chi connectivity index (χ4n) is 2.70. The van der Waals surface area contributed by atoms with Crippen LogP contribution in [0.4, 0.5) is 11.4 Å². The number of halogens is 2. The second-order valence-corrected chi connectivity index (χ2v) is 6.47. The maximum atomic E-state index is 12.4. The Morgan fingerprint density at radius 3 is 2.71 bits per heavy atom. The zero-order valence-electron chi connectivity index (χ0n) is 12.9. The van der Waals surface area contributed by atoms with Crippen molar-refractivity contribution in [3.8, 4) is 0 Å². The molecule has 0 aromatic heterocycles. The van der Waals surface area contributed by atoms with Gasteiger partial charge in [0.2, 0.25) is 5.91 Å². The van der Waals surface area contributed by atoms with E-state index in [4.69, 9.17) is 23.2 Å². The molecule has 1 aliphatic heterocycles. The van der Waals surface area contributed by atoms with Crippen molar-refractivity contribution in [2.24, 2.45) is 0 Å². The molecule has 124 valence electrons. The Hall–Kier alpha value is -2.04. The molecule has 3 rings (SSSR count). The van der Waals surface area contributed by atoms with E-state index in [0.717, 1.165) is 18.5 Å². The highest BCUT2D eigenvalue weighted by Crippen LogP contribution is 2.25. The van der Waals surface area contributed by atoms with Gasteiger partial charge in [0.25, 0.3) is 5.91 Å². The van der Waals surface area contributed by atoms with E-state index in [1.165, 1.54) is 6.07 Å². The first kappa shape index (κ1) is 16.8. The molecule has 2 aromatic carbocycles. The molecule has 2 amide bonds. The van der Waals surface area contributed by atoms with Crippen LogP contribution in [0.3, 0.4) is 0 Å². The van der Waals surface area contributed by atoms with E-state index in [1.54, 1.807) is 29.2 Å². The zero-order valence-corrected chi connectivity index (χ0v) is 14.4. The van der Waals surface area contributed by atoms with Gasteiger partial charge in [-0.15, -0.1) is 0 Å². The normalized spacial score (nSPS) is 14.6. The predicted octanol–water partition coefficient (Wildman–Crippen LogP) is 4.76. The second-order valence-electron chi connectivity index (χ2n) is 5.63. The fraction of sp³-hybridized carbons (Fsp3) is 0.222. The molecule has 0 spiro atoms. The minimum Gasteiger partial charge on any atom is -0.322 e. The van der Waals surface area contributed by atoms with Gasteiger partial charge >= 0.3 is 0 Å². The first-order valence-electron chi connectivity index (χ1n) is 7.71. The first-order chi connectivity index (χ1) is 11.5. The van der Waals surface area contributed by atoms with E-state index in [1.807, 2.05) is 12.1 Å². The number of hydrogen-bond donors (Lipinski definition) is 1. The highest BCUT2D eigenvalue weighted by atomic mass is 35.5. The van der Waals surface area contributed by atoms with Crippen LogP contribution in [0.1, 0.15) is 29.6 Å². The maximum Gasteiger partial charge on any atom is 0.257 e. The van der Waals surface area contributed by atoms with Crippen molar-refractivity contribution in [3.63, 3.8) is 0 Å². The second kappa shape index (κ2) is 7.24. The number of amides is 2. The molecule has 24 heavy (non-hydrogen) atoms. The molecule has 1 fully saturated rings. The molecule has 0 saturated carbocycles. The zero-order chi connectivity index (χ0) is 17.1. The van der Waals surface area contributed by atoms with Gasteiger partial charge < -0.3 is 10.2 Å². The lowest BCUT2D eigenvalue weighted by atomic mass is 10.1. The SMILES string of the molecule is O=C(Nc1cccc(N2CCCCC2=O)c1)c1cc(Cl)ccc1Cl. The summed E-state index contributed by atoms with van der Waals surface area (Å²) in [5.74, 6) is -0.229. The van der Waals surface area contributed by atoms with Crippen molar-refractivity contribution in [1.29, 1.82) is 0 Å². The molecule has 1 saturated heterocycles. The monoisotopic (exact) mass is 362 g/mol. The number of carbonyl (C=O) groups excluding carboxylic acids is 2. The summed E-state index contributed by atoms with van der Waals surface area (Å²) >= 11 is 12.0. The summed E-state index contributed by atoms with van der Waals surface area (Å²) < 4.78 is 0. The lowest BCUT2D eigenvalue weighted by molar-refractivity contribution is -0.119. The van der Waals surface area contributed by atoms with Gasteiger partial charge in [-0.25, -0.2) is 0 Å². The molecule has 0 atom stereocenters. The summed E-state index contributed by atoms with van der Waals surface area (Å²) in [6.45, 7) is 0.705. The molecule has 0 unspecified atom stereocenters. The molecule has 1 heterocycles. The summed E-state index contributed by atoms with van der Waals surface area (Å²) in [5.41, 5.74) is 1.70. The molecule has 6 heteroatoms. The quantitative estimate of drug-likeness (QED) is 0.855. The molecule has 2 aromatic rings. The molecule has 0 radical (unpaired) electrons. The minimum absolute atomic E-state index is 0.114. The highest BCUT2D eigenvalue weighted by Gasteiger charge is 2.20. The predicted molar refractivity (Wildman–Crippen MR) is 97.1 cm³/mol. The molecule has 0 bridgehead atoms. The van der Waals surface area contributed by atoms with Crippen molar-refractivity contribution in [1.82, 2.24) is 0 Å². The van der Waals surface area contributed by atoms with Crippen molar-refractivity contribution in [3.05, 3.63) is 58.1 Å². The number of piperidine rings is 1. The van der Waals surface area contributed by atoms with Crippen molar-refractivity contribution in [2.75, 3.05) is 16.8 Å². The summed E-state index contributed by atoms with van der Waals surface area (Å²) in [6, 6.07) is 12.0. The third-order valence-corrected chi connectivity index (χ3v) is 4.48. The van der Waals surface area contributed by atoms with E-state index < -0.39 is 0 Å². The van der Waals surface area contributed by atoms with E-state index >= 15 is 0 Å². The Morgan fingerprint density at radius 2 is 1.92 bits per heavy atom. The van der Waals surface area contributed by atoms with Crippen LogP contribution >= 0.6 is 23.2 Å². The van der Waals surface area contributed by atoms with Gasteiger partial charge in [-0.3, -0.25) is 9.59 Å². The number of nitrogens with zero attached hydrogens (tertiary/aromatic N) is 1. The van der Waals surface area contributed by atoms with E-state index in [-0.39, 0.29) is 11.8 Å². The van der Waals surface area contributed by atoms with Gasteiger partial charge in [-0.1, -0.05) is 29.3 Å². The Balaban J connectivity index is 1.80. The number of anilines is 2. The van der Waals surface area contributed by atoms with Gasteiger partial charge in [0, 0.05) is 29.4 Å². The van der Waals surface area contributed by atoms with Crippen molar-refractivity contribution >= 4 is 46.4 Å². The van der Waals surface area contributed by atoms with Crippen LogP contribution in [0.2, 0.25) is 10.0 Å². The van der Waals surface area contributed by atoms with E-state index in [9.17, 15) is 9.59 Å². The molecular weight excluding hydrogens is 347 g/mol. The number of nitrogens with one attached hydrogen (secondary N) is 1. The average molecular weight is 363 g/mol. The van der Waals surface area contributed by atoms with Crippen LogP contribution in [0.15, 0.2) is 42.5 Å². The van der Waals surface area contributed by atoms with Crippen LogP contribution in [0, 0.1) is 0 Å². The van der Waals surface area contributed by atoms with Crippen LogP contribution in [-0.4, -0.2) is 18.4 Å². The lowest BCUT2D eigenvalue weighted by Gasteiger charge is -2.27. The maximum absolute atomic E-state index is 12.4.